The predicted molar refractivity (Wildman–Crippen MR) is 223 cm³/mol. The van der Waals surface area contributed by atoms with Crippen molar-refractivity contribution in [2.45, 2.75) is 0 Å². The van der Waals surface area contributed by atoms with E-state index < -0.39 is 0 Å². The number of nitrogens with zero attached hydrogens (tertiary/aromatic N) is 3. The fourth-order valence-corrected chi connectivity index (χ4v) is 8.50. The minimum absolute atomic E-state index is 1.13. The highest BCUT2D eigenvalue weighted by Gasteiger charge is 2.20. The molecule has 0 radical (unpaired) electrons. The normalized spacial score (nSPS) is 11.8. The van der Waals surface area contributed by atoms with Gasteiger partial charge in [-0.15, -0.1) is 0 Å². The number of hydrogen-bond donors (Lipinski definition) is 0. The highest BCUT2D eigenvalue weighted by atomic mass is 15.0. The van der Waals surface area contributed by atoms with Crippen LogP contribution >= 0.6 is 0 Å². The molecule has 0 saturated heterocycles. The number of fused-ring (bicyclic) bond motifs is 8. The number of para-hydroxylation sites is 3. The van der Waals surface area contributed by atoms with Crippen molar-refractivity contribution in [1.29, 1.82) is 0 Å². The summed E-state index contributed by atoms with van der Waals surface area (Å²) < 4.78 is 7.26. The Morgan fingerprint density at radius 1 is 0.245 bits per heavy atom. The first-order valence-electron chi connectivity index (χ1n) is 18.2. The largest absolute Gasteiger partial charge is 0.309 e. The molecule has 248 valence electrons. The van der Waals surface area contributed by atoms with E-state index in [1.165, 1.54) is 76.9 Å². The van der Waals surface area contributed by atoms with E-state index in [9.17, 15) is 0 Å². The molecule has 0 spiro atoms. The second kappa shape index (κ2) is 11.7. The molecule has 3 heteroatoms. The van der Waals surface area contributed by atoms with Gasteiger partial charge in [-0.3, -0.25) is 0 Å². The average molecular weight is 676 g/mol. The lowest BCUT2D eigenvalue weighted by molar-refractivity contribution is 1.13. The van der Waals surface area contributed by atoms with Crippen LogP contribution in [-0.4, -0.2) is 13.7 Å². The van der Waals surface area contributed by atoms with Crippen molar-refractivity contribution in [3.63, 3.8) is 0 Å². The van der Waals surface area contributed by atoms with Crippen LogP contribution in [0.5, 0.6) is 0 Å². The summed E-state index contributed by atoms with van der Waals surface area (Å²) >= 11 is 0. The molecule has 0 unspecified atom stereocenters. The van der Waals surface area contributed by atoms with Crippen molar-refractivity contribution in [1.82, 2.24) is 13.7 Å². The number of aromatic nitrogens is 3. The minimum Gasteiger partial charge on any atom is -0.309 e. The Hall–Kier alpha value is -7.10. The summed E-state index contributed by atoms with van der Waals surface area (Å²) in [5.74, 6) is 0. The SMILES string of the molecule is c1ccc(-c2ccc3c(c2)c2ccccc2n3-c2ccc(-n3c4ccccc4c4ccc5c(cc(-c6ccccc6)n5-c5ccccc5)c43)cc2)cc1. The molecule has 0 fully saturated rings. The van der Waals surface area contributed by atoms with Crippen LogP contribution in [0.1, 0.15) is 0 Å². The molecular formula is C50H33N3. The summed E-state index contributed by atoms with van der Waals surface area (Å²) in [5, 5.41) is 6.23. The van der Waals surface area contributed by atoms with Gasteiger partial charge in [-0.05, 0) is 89.5 Å². The van der Waals surface area contributed by atoms with Crippen molar-refractivity contribution < 1.29 is 0 Å². The summed E-state index contributed by atoms with van der Waals surface area (Å²) in [5.41, 5.74) is 14.2. The number of hydrogen-bond acceptors (Lipinski definition) is 0. The van der Waals surface area contributed by atoms with E-state index in [1.54, 1.807) is 0 Å². The first-order chi connectivity index (χ1) is 26.3. The van der Waals surface area contributed by atoms with E-state index in [-0.39, 0.29) is 0 Å². The van der Waals surface area contributed by atoms with Crippen molar-refractivity contribution >= 4 is 54.5 Å². The quantitative estimate of drug-likeness (QED) is 0.172. The Balaban J connectivity index is 1.13. The Bertz CT molecular complexity index is 3130. The molecule has 0 aliphatic heterocycles. The molecule has 3 nitrogen and oxygen atoms in total. The zero-order valence-corrected chi connectivity index (χ0v) is 28.9. The Morgan fingerprint density at radius 3 is 1.43 bits per heavy atom. The van der Waals surface area contributed by atoms with Crippen LogP contribution in [0.3, 0.4) is 0 Å². The van der Waals surface area contributed by atoms with E-state index in [1.807, 2.05) is 0 Å². The van der Waals surface area contributed by atoms with E-state index in [0.29, 0.717) is 0 Å². The summed E-state index contributed by atoms with van der Waals surface area (Å²) in [4.78, 5) is 0. The monoisotopic (exact) mass is 675 g/mol. The van der Waals surface area contributed by atoms with Gasteiger partial charge < -0.3 is 13.7 Å². The molecule has 0 amide bonds. The van der Waals surface area contributed by atoms with Gasteiger partial charge in [-0.2, -0.15) is 0 Å². The molecular weight excluding hydrogens is 643 g/mol. The Kier molecular flexibility index (Phi) is 6.55. The molecule has 3 heterocycles. The van der Waals surface area contributed by atoms with Gasteiger partial charge in [-0.1, -0.05) is 127 Å². The second-order valence-corrected chi connectivity index (χ2v) is 13.8. The van der Waals surface area contributed by atoms with Crippen molar-refractivity contribution in [3.8, 4) is 39.4 Å². The van der Waals surface area contributed by atoms with Gasteiger partial charge in [0, 0.05) is 44.0 Å². The lowest BCUT2D eigenvalue weighted by Crippen LogP contribution is -1.98. The summed E-state index contributed by atoms with van der Waals surface area (Å²) in [6, 6.07) is 72.6. The fraction of sp³-hybridized carbons (Fsp3) is 0. The molecule has 0 bridgehead atoms. The Morgan fingerprint density at radius 2 is 0.736 bits per heavy atom. The highest BCUT2D eigenvalue weighted by Crippen LogP contribution is 2.41. The maximum Gasteiger partial charge on any atom is 0.0635 e. The Labute approximate surface area is 306 Å². The van der Waals surface area contributed by atoms with Crippen LogP contribution in [0.4, 0.5) is 0 Å². The molecule has 0 N–H and O–H groups in total. The first-order valence-corrected chi connectivity index (χ1v) is 18.2. The third kappa shape index (κ3) is 4.54. The molecule has 11 rings (SSSR count). The molecule has 0 aliphatic carbocycles. The summed E-state index contributed by atoms with van der Waals surface area (Å²) in [6.07, 6.45) is 0. The summed E-state index contributed by atoms with van der Waals surface area (Å²) in [6.45, 7) is 0. The van der Waals surface area contributed by atoms with Gasteiger partial charge in [0.25, 0.3) is 0 Å². The lowest BCUT2D eigenvalue weighted by atomic mass is 10.0. The van der Waals surface area contributed by atoms with Gasteiger partial charge in [0.2, 0.25) is 0 Å². The third-order valence-electron chi connectivity index (χ3n) is 10.8. The molecule has 8 aromatic carbocycles. The van der Waals surface area contributed by atoms with Crippen LogP contribution in [-0.2, 0) is 0 Å². The third-order valence-corrected chi connectivity index (χ3v) is 10.8. The zero-order valence-electron chi connectivity index (χ0n) is 28.9. The molecule has 0 saturated carbocycles. The number of rotatable bonds is 5. The molecule has 53 heavy (non-hydrogen) atoms. The molecule has 0 aliphatic rings. The van der Waals surface area contributed by atoms with Crippen LogP contribution in [0.25, 0.3) is 94.0 Å². The van der Waals surface area contributed by atoms with Gasteiger partial charge >= 0.3 is 0 Å². The van der Waals surface area contributed by atoms with E-state index >= 15 is 0 Å². The minimum atomic E-state index is 1.13. The van der Waals surface area contributed by atoms with E-state index in [4.69, 9.17) is 0 Å². The summed E-state index contributed by atoms with van der Waals surface area (Å²) in [7, 11) is 0. The van der Waals surface area contributed by atoms with Crippen LogP contribution in [0, 0.1) is 0 Å². The van der Waals surface area contributed by atoms with Crippen molar-refractivity contribution in [2.75, 3.05) is 0 Å². The molecule has 3 aromatic heterocycles. The van der Waals surface area contributed by atoms with Crippen LogP contribution in [0.2, 0.25) is 0 Å². The van der Waals surface area contributed by atoms with Gasteiger partial charge in [0.05, 0.1) is 33.3 Å². The molecule has 0 atom stereocenters. The fourth-order valence-electron chi connectivity index (χ4n) is 8.50. The van der Waals surface area contributed by atoms with Crippen LogP contribution in [0.15, 0.2) is 200 Å². The number of benzene rings is 8. The average Bonchev–Trinajstić information content (AvgIpc) is 3.90. The van der Waals surface area contributed by atoms with Gasteiger partial charge in [0.1, 0.15) is 0 Å². The predicted octanol–water partition coefficient (Wildman–Crippen LogP) is 13.2. The van der Waals surface area contributed by atoms with E-state index in [2.05, 4.69) is 214 Å². The second-order valence-electron chi connectivity index (χ2n) is 13.8. The maximum atomic E-state index is 2.46. The van der Waals surface area contributed by atoms with Crippen LogP contribution < -0.4 is 0 Å². The lowest BCUT2D eigenvalue weighted by Gasteiger charge is -2.13. The molecule has 11 aromatic rings. The smallest absolute Gasteiger partial charge is 0.0635 e. The van der Waals surface area contributed by atoms with Crippen molar-refractivity contribution in [2.24, 2.45) is 0 Å². The van der Waals surface area contributed by atoms with Gasteiger partial charge in [0.15, 0.2) is 0 Å². The maximum absolute atomic E-state index is 2.46. The standard InChI is InChI=1S/C50H33N3/c1-4-14-34(15-5-1)36-24-30-47-43(32-36)41-21-11-12-22-45(41)51(47)38-25-27-39(28-26-38)53-46-23-13-10-20-40(46)42-29-31-48-44(50(42)53)33-49(35-16-6-2-7-17-35)52(48)37-18-8-3-9-19-37/h1-33H. The topological polar surface area (TPSA) is 14.8 Å². The highest BCUT2D eigenvalue weighted by molar-refractivity contribution is 6.19. The van der Waals surface area contributed by atoms with E-state index in [0.717, 1.165) is 17.1 Å². The zero-order chi connectivity index (χ0) is 34.9. The van der Waals surface area contributed by atoms with Gasteiger partial charge in [-0.25, -0.2) is 0 Å². The first kappa shape index (κ1) is 29.6. The van der Waals surface area contributed by atoms with Crippen molar-refractivity contribution in [3.05, 3.63) is 200 Å².